The van der Waals surface area contributed by atoms with E-state index in [1.54, 1.807) is 20.8 Å². The molecule has 10 heteroatoms. The summed E-state index contributed by atoms with van der Waals surface area (Å²) in [6, 6.07) is -2.56. The van der Waals surface area contributed by atoms with Gasteiger partial charge in [-0.15, -0.1) is 0 Å². The Balaban J connectivity index is 3.09. The molecular formula is C28H51N3O7. The molecule has 38 heavy (non-hydrogen) atoms. The van der Waals surface area contributed by atoms with Crippen molar-refractivity contribution in [3.63, 3.8) is 0 Å². The lowest BCUT2D eigenvalue weighted by Crippen LogP contribution is -2.58. The summed E-state index contributed by atoms with van der Waals surface area (Å²) in [4.78, 5) is 50.6. The minimum absolute atomic E-state index is 0.0956. The summed E-state index contributed by atoms with van der Waals surface area (Å²) in [6.45, 7) is 12.8. The zero-order valence-corrected chi connectivity index (χ0v) is 24.3. The molecule has 0 saturated heterocycles. The normalized spacial score (nSPS) is 18.6. The van der Waals surface area contributed by atoms with Gasteiger partial charge in [0.2, 0.25) is 11.8 Å². The molecule has 5 atom stereocenters. The van der Waals surface area contributed by atoms with Crippen LogP contribution in [-0.4, -0.2) is 63.9 Å². The monoisotopic (exact) mass is 541 g/mol. The molecule has 1 fully saturated rings. The van der Waals surface area contributed by atoms with Gasteiger partial charge in [0.1, 0.15) is 17.7 Å². The Morgan fingerprint density at radius 3 is 2.05 bits per heavy atom. The van der Waals surface area contributed by atoms with Crippen molar-refractivity contribution in [3.8, 4) is 0 Å². The van der Waals surface area contributed by atoms with Crippen molar-refractivity contribution in [1.82, 2.24) is 16.0 Å². The van der Waals surface area contributed by atoms with Crippen LogP contribution in [0.2, 0.25) is 0 Å². The summed E-state index contributed by atoms with van der Waals surface area (Å²) in [5.41, 5.74) is -0.725. The van der Waals surface area contributed by atoms with Crippen LogP contribution in [0, 0.1) is 17.8 Å². The van der Waals surface area contributed by atoms with Gasteiger partial charge in [-0.3, -0.25) is 14.4 Å². The lowest BCUT2D eigenvalue weighted by Gasteiger charge is -2.32. The van der Waals surface area contributed by atoms with E-state index >= 15 is 0 Å². The largest absolute Gasteiger partial charge is 0.481 e. The van der Waals surface area contributed by atoms with Crippen molar-refractivity contribution in [2.75, 3.05) is 0 Å². The highest BCUT2D eigenvalue weighted by atomic mass is 16.6. The number of carbonyl (C=O) groups excluding carboxylic acids is 3. The summed E-state index contributed by atoms with van der Waals surface area (Å²) < 4.78 is 5.39. The molecule has 0 heterocycles. The summed E-state index contributed by atoms with van der Waals surface area (Å²) in [5, 5.41) is 27.9. The van der Waals surface area contributed by atoms with Gasteiger partial charge in [0, 0.05) is 0 Å². The summed E-state index contributed by atoms with van der Waals surface area (Å²) in [5.74, 6) is -1.98. The number of carbonyl (C=O) groups is 4. The molecule has 0 aromatic rings. The van der Waals surface area contributed by atoms with Crippen molar-refractivity contribution in [3.05, 3.63) is 0 Å². The number of amides is 3. The number of alkyl carbamates (subject to hydrolysis) is 1. The van der Waals surface area contributed by atoms with Crippen LogP contribution in [0.15, 0.2) is 0 Å². The summed E-state index contributed by atoms with van der Waals surface area (Å²) >= 11 is 0. The number of carboxylic acids is 1. The molecule has 0 spiro atoms. The van der Waals surface area contributed by atoms with Crippen LogP contribution < -0.4 is 16.0 Å². The number of hydrogen-bond donors (Lipinski definition) is 5. The second-order valence-electron chi connectivity index (χ2n) is 12.2. The number of ether oxygens (including phenoxy) is 1. The Hall–Kier alpha value is -2.36. The fourth-order valence-corrected chi connectivity index (χ4v) is 4.81. The molecule has 0 aromatic carbocycles. The Labute approximate surface area is 228 Å². The van der Waals surface area contributed by atoms with Crippen LogP contribution in [0.5, 0.6) is 0 Å². The first kappa shape index (κ1) is 33.7. The maximum atomic E-state index is 13.5. The van der Waals surface area contributed by atoms with Crippen molar-refractivity contribution in [2.45, 2.75) is 136 Å². The highest BCUT2D eigenvalue weighted by Gasteiger charge is 2.34. The third kappa shape index (κ3) is 12.9. The van der Waals surface area contributed by atoms with Crippen LogP contribution in [0.25, 0.3) is 0 Å². The van der Waals surface area contributed by atoms with E-state index in [-0.39, 0.29) is 17.8 Å². The van der Waals surface area contributed by atoms with Gasteiger partial charge in [-0.25, -0.2) is 4.79 Å². The fourth-order valence-electron chi connectivity index (χ4n) is 4.81. The molecule has 0 aliphatic heterocycles. The molecule has 220 valence electrons. The number of aliphatic hydroxyl groups is 1. The molecule has 1 unspecified atom stereocenters. The van der Waals surface area contributed by atoms with E-state index in [1.165, 1.54) is 0 Å². The molecule has 3 amide bonds. The molecule has 0 radical (unpaired) electrons. The van der Waals surface area contributed by atoms with Crippen LogP contribution >= 0.6 is 0 Å². The highest BCUT2D eigenvalue weighted by Crippen LogP contribution is 2.27. The number of aliphatic hydroxyl groups excluding tert-OH is 1. The van der Waals surface area contributed by atoms with Crippen LogP contribution in [-0.2, 0) is 19.1 Å². The summed E-state index contributed by atoms with van der Waals surface area (Å²) in [7, 11) is 0. The predicted octanol–water partition coefficient (Wildman–Crippen LogP) is 3.75. The third-order valence-corrected chi connectivity index (χ3v) is 7.00. The van der Waals surface area contributed by atoms with E-state index in [0.29, 0.717) is 19.3 Å². The molecule has 10 nitrogen and oxygen atoms in total. The van der Waals surface area contributed by atoms with E-state index in [0.717, 1.165) is 32.1 Å². The highest BCUT2D eigenvalue weighted by molar-refractivity contribution is 5.91. The predicted molar refractivity (Wildman–Crippen MR) is 145 cm³/mol. The molecule has 5 N–H and O–H groups in total. The van der Waals surface area contributed by atoms with Gasteiger partial charge in [-0.2, -0.15) is 0 Å². The number of nitrogens with one attached hydrogen (secondary N) is 3. The third-order valence-electron chi connectivity index (χ3n) is 7.00. The first-order chi connectivity index (χ1) is 17.6. The number of rotatable bonds is 14. The minimum Gasteiger partial charge on any atom is -0.481 e. The molecule has 1 aliphatic carbocycles. The zero-order chi connectivity index (χ0) is 29.0. The lowest BCUT2D eigenvalue weighted by atomic mass is 9.84. The van der Waals surface area contributed by atoms with Gasteiger partial charge in [0.15, 0.2) is 0 Å². The average Bonchev–Trinajstić information content (AvgIpc) is 2.79. The van der Waals surface area contributed by atoms with Gasteiger partial charge in [0.05, 0.1) is 18.6 Å². The number of carboxylic acid groups (broad SMARTS) is 1. The van der Waals surface area contributed by atoms with Crippen LogP contribution in [0.1, 0.15) is 106 Å². The van der Waals surface area contributed by atoms with Crippen molar-refractivity contribution >= 4 is 23.9 Å². The summed E-state index contributed by atoms with van der Waals surface area (Å²) in [6.07, 6.45) is 4.26. The standard InChI is InChI=1S/C28H51N3O7/c1-8-18(4)24(26(36)29-20(14-17(2)3)22(32)16-23(33)34)31-25(35)21(15-19-12-10-9-11-13-19)30-27(37)38-28(5,6)7/h17-22,24,32H,8-16H2,1-7H3,(H,29,36)(H,30,37)(H,31,35)(H,33,34)/t18-,20-,21-,22?,24-/m0/s1. The SMILES string of the molecule is CC[C@H](C)[C@H](NC(=O)[C@H](CC1CCCCC1)NC(=O)OC(C)(C)C)C(=O)N[C@@H](CC(C)C)C(O)CC(=O)O. The number of aliphatic carboxylic acids is 1. The molecule has 0 aromatic heterocycles. The Bertz CT molecular complexity index is 775. The van der Waals surface area contributed by atoms with Crippen LogP contribution in [0.3, 0.4) is 0 Å². The second kappa shape index (κ2) is 15.9. The molecular weight excluding hydrogens is 490 g/mol. The van der Waals surface area contributed by atoms with Crippen LogP contribution in [0.4, 0.5) is 4.79 Å². The lowest BCUT2D eigenvalue weighted by molar-refractivity contribution is -0.140. The molecule has 1 rings (SSSR count). The van der Waals surface area contributed by atoms with Gasteiger partial charge in [-0.1, -0.05) is 66.2 Å². The van der Waals surface area contributed by atoms with Crippen molar-refractivity contribution in [2.24, 2.45) is 17.8 Å². The second-order valence-corrected chi connectivity index (χ2v) is 12.2. The molecule has 1 saturated carbocycles. The zero-order valence-electron chi connectivity index (χ0n) is 24.3. The van der Waals surface area contributed by atoms with E-state index in [9.17, 15) is 24.3 Å². The smallest absolute Gasteiger partial charge is 0.408 e. The Morgan fingerprint density at radius 1 is 0.947 bits per heavy atom. The van der Waals surface area contributed by atoms with E-state index in [4.69, 9.17) is 9.84 Å². The van der Waals surface area contributed by atoms with Crippen molar-refractivity contribution in [1.29, 1.82) is 0 Å². The Morgan fingerprint density at radius 2 is 1.55 bits per heavy atom. The molecule has 1 aliphatic rings. The first-order valence-electron chi connectivity index (χ1n) is 14.1. The first-order valence-corrected chi connectivity index (χ1v) is 14.1. The van der Waals surface area contributed by atoms with Gasteiger partial charge in [0.25, 0.3) is 0 Å². The molecule has 0 bridgehead atoms. The number of hydrogen-bond acceptors (Lipinski definition) is 6. The van der Waals surface area contributed by atoms with E-state index < -0.39 is 60.1 Å². The van der Waals surface area contributed by atoms with Crippen molar-refractivity contribution < 1.29 is 34.1 Å². The fraction of sp³-hybridized carbons (Fsp3) is 0.857. The minimum atomic E-state index is -1.26. The maximum absolute atomic E-state index is 13.5. The van der Waals surface area contributed by atoms with Gasteiger partial charge >= 0.3 is 12.1 Å². The van der Waals surface area contributed by atoms with Gasteiger partial charge in [-0.05, 0) is 51.4 Å². The van der Waals surface area contributed by atoms with Gasteiger partial charge < -0.3 is 30.9 Å². The quantitative estimate of drug-likeness (QED) is 0.224. The van der Waals surface area contributed by atoms with E-state index in [1.807, 2.05) is 27.7 Å². The maximum Gasteiger partial charge on any atom is 0.408 e. The topological polar surface area (TPSA) is 154 Å². The Kier molecular flexibility index (Phi) is 14.1. The average molecular weight is 542 g/mol. The van der Waals surface area contributed by atoms with E-state index in [2.05, 4.69) is 16.0 Å².